The van der Waals surface area contributed by atoms with Crippen LogP contribution < -0.4 is 10.2 Å². The predicted molar refractivity (Wildman–Crippen MR) is 84.3 cm³/mol. The van der Waals surface area contributed by atoms with Crippen molar-refractivity contribution in [1.82, 2.24) is 0 Å². The van der Waals surface area contributed by atoms with Crippen LogP contribution in [0.2, 0.25) is 5.02 Å². The molecule has 0 atom stereocenters. The number of rotatable bonds is 4. The van der Waals surface area contributed by atoms with Gasteiger partial charge in [0.1, 0.15) is 0 Å². The summed E-state index contributed by atoms with van der Waals surface area (Å²) in [6.07, 6.45) is 0. The summed E-state index contributed by atoms with van der Waals surface area (Å²) in [5.41, 5.74) is 3.72. The first-order chi connectivity index (χ1) is 9.61. The van der Waals surface area contributed by atoms with E-state index in [1.165, 1.54) is 0 Å². The van der Waals surface area contributed by atoms with Crippen LogP contribution in [0.25, 0.3) is 0 Å². The van der Waals surface area contributed by atoms with E-state index in [2.05, 4.69) is 22.4 Å². The summed E-state index contributed by atoms with van der Waals surface area (Å²) in [6.45, 7) is 0.620. The highest BCUT2D eigenvalue weighted by Gasteiger charge is 2.05. The van der Waals surface area contributed by atoms with Gasteiger partial charge in [0, 0.05) is 25.7 Å². The van der Waals surface area contributed by atoms with Gasteiger partial charge in [0.15, 0.2) is 0 Å². The van der Waals surface area contributed by atoms with Crippen LogP contribution in [-0.2, 0) is 6.54 Å². The van der Waals surface area contributed by atoms with Crippen molar-refractivity contribution in [2.24, 2.45) is 0 Å². The second kappa shape index (κ2) is 6.31. The Morgan fingerprint density at radius 1 is 1.20 bits per heavy atom. The Morgan fingerprint density at radius 3 is 2.60 bits per heavy atom. The molecule has 3 nitrogen and oxygen atoms in total. The van der Waals surface area contributed by atoms with Crippen molar-refractivity contribution in [3.63, 3.8) is 0 Å². The van der Waals surface area contributed by atoms with Crippen LogP contribution >= 0.6 is 11.6 Å². The average molecular weight is 286 g/mol. The fourth-order valence-corrected chi connectivity index (χ4v) is 2.21. The van der Waals surface area contributed by atoms with Crippen molar-refractivity contribution in [2.45, 2.75) is 6.54 Å². The second-order valence-corrected chi connectivity index (χ2v) is 5.09. The lowest BCUT2D eigenvalue weighted by Crippen LogP contribution is -2.12. The number of para-hydroxylation sites is 2. The third kappa shape index (κ3) is 3.23. The maximum atomic E-state index is 8.83. The molecule has 0 heterocycles. The van der Waals surface area contributed by atoms with Crippen molar-refractivity contribution in [1.29, 1.82) is 5.26 Å². The number of nitrogens with one attached hydrogen (secondary N) is 1. The van der Waals surface area contributed by atoms with Gasteiger partial charge in [0.2, 0.25) is 0 Å². The highest BCUT2D eigenvalue weighted by atomic mass is 35.5. The largest absolute Gasteiger partial charge is 0.379 e. The number of hydrogen-bond donors (Lipinski definition) is 1. The average Bonchev–Trinajstić information content (AvgIpc) is 2.46. The topological polar surface area (TPSA) is 39.1 Å². The molecule has 0 radical (unpaired) electrons. The van der Waals surface area contributed by atoms with E-state index in [0.717, 1.165) is 16.9 Å². The molecule has 2 rings (SSSR count). The Hall–Kier alpha value is -2.18. The van der Waals surface area contributed by atoms with E-state index < -0.39 is 0 Å². The summed E-state index contributed by atoms with van der Waals surface area (Å²) in [6, 6.07) is 15.5. The zero-order valence-electron chi connectivity index (χ0n) is 11.5. The van der Waals surface area contributed by atoms with E-state index in [9.17, 15) is 0 Å². The van der Waals surface area contributed by atoms with Crippen LogP contribution in [0.4, 0.5) is 11.4 Å². The fraction of sp³-hybridized carbons (Fsp3) is 0.188. The number of hydrogen-bond acceptors (Lipinski definition) is 3. The first kappa shape index (κ1) is 14.2. The number of halogens is 1. The lowest BCUT2D eigenvalue weighted by Gasteiger charge is -2.18. The Morgan fingerprint density at radius 2 is 1.95 bits per heavy atom. The molecule has 20 heavy (non-hydrogen) atoms. The van der Waals surface area contributed by atoms with E-state index in [4.69, 9.17) is 16.9 Å². The molecular weight excluding hydrogens is 270 g/mol. The minimum atomic E-state index is 0.576. The molecule has 0 aliphatic rings. The number of nitrogens with zero attached hydrogens (tertiary/aromatic N) is 2. The second-order valence-electron chi connectivity index (χ2n) is 4.68. The van der Waals surface area contributed by atoms with E-state index in [0.29, 0.717) is 17.1 Å². The Labute approximate surface area is 124 Å². The van der Waals surface area contributed by atoms with Gasteiger partial charge in [-0.25, -0.2) is 0 Å². The number of benzene rings is 2. The molecule has 0 aromatic heterocycles. The molecule has 1 N–H and O–H groups in total. The van der Waals surface area contributed by atoms with Crippen LogP contribution in [0.1, 0.15) is 11.1 Å². The van der Waals surface area contributed by atoms with Gasteiger partial charge in [-0.05, 0) is 29.8 Å². The van der Waals surface area contributed by atoms with Crippen LogP contribution in [0.3, 0.4) is 0 Å². The molecular formula is C16H16ClN3. The van der Waals surface area contributed by atoms with Crippen LogP contribution in [0.5, 0.6) is 0 Å². The predicted octanol–water partition coefficient (Wildman–Crippen LogP) is 3.89. The summed E-state index contributed by atoms with van der Waals surface area (Å²) < 4.78 is 0. The molecule has 0 unspecified atom stereocenters. The zero-order chi connectivity index (χ0) is 14.5. The van der Waals surface area contributed by atoms with Gasteiger partial charge >= 0.3 is 0 Å². The van der Waals surface area contributed by atoms with Crippen molar-refractivity contribution >= 4 is 23.0 Å². The summed E-state index contributed by atoms with van der Waals surface area (Å²) in [4.78, 5) is 2.06. The van der Waals surface area contributed by atoms with Gasteiger partial charge in [0.05, 0.1) is 23.0 Å². The Balaban J connectivity index is 2.15. The maximum Gasteiger partial charge on any atom is 0.0992 e. The molecule has 2 aromatic carbocycles. The van der Waals surface area contributed by atoms with Crippen molar-refractivity contribution < 1.29 is 0 Å². The first-order valence-corrected chi connectivity index (χ1v) is 6.68. The molecule has 0 fully saturated rings. The summed E-state index contributed by atoms with van der Waals surface area (Å²) in [5.74, 6) is 0. The standard InChI is InChI=1S/C16H16ClN3/c1-20(2)16-6-4-3-5-15(16)19-11-13-8-7-12(10-18)9-14(13)17/h3-9,19H,11H2,1-2H3. The molecule has 102 valence electrons. The van der Waals surface area contributed by atoms with E-state index >= 15 is 0 Å². The molecule has 4 heteroatoms. The molecule has 0 saturated heterocycles. The Kier molecular flexibility index (Phi) is 4.49. The van der Waals surface area contributed by atoms with Gasteiger partial charge in [-0.3, -0.25) is 0 Å². The lowest BCUT2D eigenvalue weighted by molar-refractivity contribution is 1.10. The highest BCUT2D eigenvalue weighted by Crippen LogP contribution is 2.25. The summed E-state index contributed by atoms with van der Waals surface area (Å²) in [7, 11) is 4.02. The smallest absolute Gasteiger partial charge is 0.0992 e. The SMILES string of the molecule is CN(C)c1ccccc1NCc1ccc(C#N)cc1Cl. The number of anilines is 2. The highest BCUT2D eigenvalue weighted by molar-refractivity contribution is 6.31. The van der Waals surface area contributed by atoms with Crippen molar-refractivity contribution in [2.75, 3.05) is 24.3 Å². The third-order valence-corrected chi connectivity index (χ3v) is 3.39. The van der Waals surface area contributed by atoms with Crippen LogP contribution in [0.15, 0.2) is 42.5 Å². The van der Waals surface area contributed by atoms with Gasteiger partial charge in [-0.2, -0.15) is 5.26 Å². The normalized spacial score (nSPS) is 9.90. The minimum Gasteiger partial charge on any atom is -0.379 e. The van der Waals surface area contributed by atoms with Crippen molar-refractivity contribution in [3.05, 3.63) is 58.6 Å². The Bertz CT molecular complexity index is 644. The lowest BCUT2D eigenvalue weighted by atomic mass is 10.1. The molecule has 0 amide bonds. The van der Waals surface area contributed by atoms with Crippen LogP contribution in [-0.4, -0.2) is 14.1 Å². The first-order valence-electron chi connectivity index (χ1n) is 6.30. The quantitative estimate of drug-likeness (QED) is 0.926. The van der Waals surface area contributed by atoms with Crippen LogP contribution in [0, 0.1) is 11.3 Å². The van der Waals surface area contributed by atoms with E-state index in [1.807, 2.05) is 38.4 Å². The van der Waals surface area contributed by atoms with Gasteiger partial charge in [-0.1, -0.05) is 29.8 Å². The summed E-state index contributed by atoms with van der Waals surface area (Å²) >= 11 is 6.18. The summed E-state index contributed by atoms with van der Waals surface area (Å²) in [5, 5.41) is 12.8. The molecule has 0 aliphatic heterocycles. The fourth-order valence-electron chi connectivity index (χ4n) is 1.96. The van der Waals surface area contributed by atoms with Gasteiger partial charge in [0.25, 0.3) is 0 Å². The molecule has 0 aliphatic carbocycles. The monoisotopic (exact) mass is 285 g/mol. The molecule has 0 saturated carbocycles. The van der Waals surface area contributed by atoms with Gasteiger partial charge in [-0.15, -0.1) is 0 Å². The van der Waals surface area contributed by atoms with Gasteiger partial charge < -0.3 is 10.2 Å². The molecule has 0 bridgehead atoms. The zero-order valence-corrected chi connectivity index (χ0v) is 12.3. The van der Waals surface area contributed by atoms with Crippen molar-refractivity contribution in [3.8, 4) is 6.07 Å². The molecule has 2 aromatic rings. The third-order valence-electron chi connectivity index (χ3n) is 3.04. The number of nitriles is 1. The van der Waals surface area contributed by atoms with E-state index in [-0.39, 0.29) is 0 Å². The van der Waals surface area contributed by atoms with E-state index in [1.54, 1.807) is 12.1 Å². The maximum absolute atomic E-state index is 8.83. The minimum absolute atomic E-state index is 0.576. The molecule has 0 spiro atoms.